The number of hydrogen-bond acceptors (Lipinski definition) is 5. The van der Waals surface area contributed by atoms with Crippen LogP contribution in [-0.4, -0.2) is 19.9 Å². The van der Waals surface area contributed by atoms with Gasteiger partial charge in [-0.15, -0.1) is 0 Å². The van der Waals surface area contributed by atoms with Gasteiger partial charge in [0.05, 0.1) is 45.4 Å². The van der Waals surface area contributed by atoms with Crippen LogP contribution in [0.1, 0.15) is 5.56 Å². The van der Waals surface area contributed by atoms with E-state index in [1.54, 1.807) is 6.07 Å². The zero-order valence-electron chi connectivity index (χ0n) is 25.8. The van der Waals surface area contributed by atoms with Crippen LogP contribution in [0.4, 0.5) is 0 Å². The van der Waals surface area contributed by atoms with Crippen molar-refractivity contribution in [2.45, 2.75) is 0 Å². The van der Waals surface area contributed by atoms with Gasteiger partial charge in [0.25, 0.3) is 0 Å². The van der Waals surface area contributed by atoms with Crippen LogP contribution in [0.25, 0.3) is 78.6 Å². The molecule has 0 saturated heterocycles. The lowest BCUT2D eigenvalue weighted by atomic mass is 9.98. The van der Waals surface area contributed by atoms with E-state index >= 15 is 0 Å². The van der Waals surface area contributed by atoms with Crippen LogP contribution in [0.2, 0.25) is 0 Å². The van der Waals surface area contributed by atoms with Gasteiger partial charge in [-0.05, 0) is 41.5 Å². The summed E-state index contributed by atoms with van der Waals surface area (Å²) in [6, 6.07) is 56.8. The Bertz CT molecular complexity index is 2370. The number of para-hydroxylation sites is 2. The maximum atomic E-state index is 9.51. The zero-order valence-corrected chi connectivity index (χ0v) is 25.8. The van der Waals surface area contributed by atoms with E-state index in [4.69, 9.17) is 19.9 Å². The summed E-state index contributed by atoms with van der Waals surface area (Å²) in [7, 11) is 0. The highest BCUT2D eigenvalue weighted by Gasteiger charge is 2.15. The molecule has 5 heteroatoms. The Kier molecular flexibility index (Phi) is 7.50. The topological polar surface area (TPSA) is 75.3 Å². The number of nitrogens with zero attached hydrogens (tertiary/aromatic N) is 5. The summed E-state index contributed by atoms with van der Waals surface area (Å²) in [6.45, 7) is 0. The molecule has 6 aromatic carbocycles. The van der Waals surface area contributed by atoms with Gasteiger partial charge >= 0.3 is 0 Å². The number of rotatable bonds is 6. The number of aromatic nitrogens is 4. The predicted molar refractivity (Wildman–Crippen MR) is 192 cm³/mol. The van der Waals surface area contributed by atoms with E-state index in [-0.39, 0.29) is 0 Å². The lowest BCUT2D eigenvalue weighted by Gasteiger charge is -2.12. The molecule has 48 heavy (non-hydrogen) atoms. The minimum absolute atomic E-state index is 0.584. The summed E-state index contributed by atoms with van der Waals surface area (Å²) in [4.78, 5) is 19.9. The average molecular weight is 614 g/mol. The van der Waals surface area contributed by atoms with Gasteiger partial charge in [-0.3, -0.25) is 0 Å². The Morgan fingerprint density at radius 3 is 1.35 bits per heavy atom. The minimum atomic E-state index is 0.584. The van der Waals surface area contributed by atoms with Crippen molar-refractivity contribution in [3.05, 3.63) is 169 Å². The smallest absolute Gasteiger partial charge is 0.160 e. The molecule has 0 atom stereocenters. The van der Waals surface area contributed by atoms with Gasteiger partial charge in [-0.1, -0.05) is 133 Å². The summed E-state index contributed by atoms with van der Waals surface area (Å²) < 4.78 is 0. The van der Waals surface area contributed by atoms with Crippen molar-refractivity contribution in [3.8, 4) is 73.6 Å². The van der Waals surface area contributed by atoms with E-state index in [0.717, 1.165) is 72.8 Å². The summed E-state index contributed by atoms with van der Waals surface area (Å²) >= 11 is 0. The summed E-state index contributed by atoms with van der Waals surface area (Å²) in [6.07, 6.45) is 0. The normalized spacial score (nSPS) is 10.9. The Labute approximate surface area is 278 Å². The molecule has 0 amide bonds. The van der Waals surface area contributed by atoms with Crippen molar-refractivity contribution >= 4 is 11.0 Å². The van der Waals surface area contributed by atoms with Crippen molar-refractivity contribution < 1.29 is 0 Å². The first-order valence-corrected chi connectivity index (χ1v) is 15.7. The summed E-state index contributed by atoms with van der Waals surface area (Å²) in [5.74, 6) is 0.681. The fourth-order valence-electron chi connectivity index (χ4n) is 5.86. The Morgan fingerprint density at radius 2 is 0.812 bits per heavy atom. The third-order valence-electron chi connectivity index (χ3n) is 8.34. The molecule has 0 N–H and O–H groups in total. The fourth-order valence-corrected chi connectivity index (χ4v) is 5.86. The highest BCUT2D eigenvalue weighted by Crippen LogP contribution is 2.34. The number of nitriles is 1. The first-order chi connectivity index (χ1) is 23.7. The molecule has 0 aliphatic heterocycles. The second-order valence-electron chi connectivity index (χ2n) is 11.5. The molecule has 8 rings (SSSR count). The van der Waals surface area contributed by atoms with Gasteiger partial charge in [-0.2, -0.15) is 5.26 Å². The SMILES string of the molecule is N#Cc1cccc(-c2nc3ccccc3nc2-c2ccc(-c3ccc(-c4nc(-c5ccccc5)cc(-c5ccccc5)n4)cc3)cc2)c1. The highest BCUT2D eigenvalue weighted by molar-refractivity contribution is 5.87. The third-order valence-corrected chi connectivity index (χ3v) is 8.34. The monoisotopic (exact) mass is 613 g/mol. The van der Waals surface area contributed by atoms with Gasteiger partial charge in [-0.25, -0.2) is 19.9 Å². The second kappa shape index (κ2) is 12.6. The Balaban J connectivity index is 1.14. The van der Waals surface area contributed by atoms with E-state index < -0.39 is 0 Å². The van der Waals surface area contributed by atoms with Crippen molar-refractivity contribution in [1.82, 2.24) is 19.9 Å². The van der Waals surface area contributed by atoms with Gasteiger partial charge in [0.2, 0.25) is 0 Å². The molecular weight excluding hydrogens is 587 g/mol. The van der Waals surface area contributed by atoms with Crippen molar-refractivity contribution in [3.63, 3.8) is 0 Å². The quantitative estimate of drug-likeness (QED) is 0.187. The van der Waals surface area contributed by atoms with Crippen LogP contribution in [-0.2, 0) is 0 Å². The maximum absolute atomic E-state index is 9.51. The maximum Gasteiger partial charge on any atom is 0.160 e. The highest BCUT2D eigenvalue weighted by atomic mass is 14.9. The van der Waals surface area contributed by atoms with Gasteiger partial charge in [0.15, 0.2) is 5.82 Å². The lowest BCUT2D eigenvalue weighted by Crippen LogP contribution is -1.96. The van der Waals surface area contributed by atoms with E-state index in [0.29, 0.717) is 11.4 Å². The average Bonchev–Trinajstić information content (AvgIpc) is 3.18. The van der Waals surface area contributed by atoms with Gasteiger partial charge < -0.3 is 0 Å². The zero-order chi connectivity index (χ0) is 32.3. The Hall–Kier alpha value is -6.77. The Morgan fingerprint density at radius 1 is 0.354 bits per heavy atom. The number of hydrogen-bond donors (Lipinski definition) is 0. The molecule has 0 unspecified atom stereocenters. The molecule has 0 fully saturated rings. The second-order valence-corrected chi connectivity index (χ2v) is 11.5. The lowest BCUT2D eigenvalue weighted by molar-refractivity contribution is 1.18. The molecule has 0 radical (unpaired) electrons. The van der Waals surface area contributed by atoms with E-state index in [9.17, 15) is 5.26 Å². The minimum Gasteiger partial charge on any atom is -0.244 e. The first-order valence-electron chi connectivity index (χ1n) is 15.7. The predicted octanol–water partition coefficient (Wildman–Crippen LogP) is 10.3. The van der Waals surface area contributed by atoms with Crippen LogP contribution in [0.3, 0.4) is 0 Å². The number of fused-ring (bicyclic) bond motifs is 1. The van der Waals surface area contributed by atoms with E-state index in [1.165, 1.54) is 0 Å². The summed E-state index contributed by atoms with van der Waals surface area (Å²) in [5.41, 5.74) is 12.5. The van der Waals surface area contributed by atoms with Gasteiger partial charge in [0.1, 0.15) is 0 Å². The molecule has 0 saturated carbocycles. The largest absolute Gasteiger partial charge is 0.244 e. The van der Waals surface area contributed by atoms with Crippen molar-refractivity contribution in [2.24, 2.45) is 0 Å². The number of benzene rings is 6. The molecule has 8 aromatic rings. The van der Waals surface area contributed by atoms with Crippen molar-refractivity contribution in [2.75, 3.05) is 0 Å². The molecule has 0 aliphatic carbocycles. The standard InChI is InChI=1S/C43H27N5/c44-28-29-10-9-15-36(26-29)42-41(45-37-16-7-8-17-38(37)46-42)34-22-18-30(19-23-34)31-20-24-35(25-21-31)43-47-39(32-11-3-1-4-12-32)27-40(48-43)33-13-5-2-6-14-33/h1-27H. The van der Waals surface area contributed by atoms with Crippen molar-refractivity contribution in [1.29, 1.82) is 5.26 Å². The summed E-state index contributed by atoms with van der Waals surface area (Å²) in [5, 5.41) is 9.51. The molecular formula is C43H27N5. The van der Waals surface area contributed by atoms with Gasteiger partial charge in [0, 0.05) is 27.8 Å². The first kappa shape index (κ1) is 28.7. The van der Waals surface area contributed by atoms with Crippen LogP contribution < -0.4 is 0 Å². The molecule has 224 valence electrons. The van der Waals surface area contributed by atoms with E-state index in [1.807, 2.05) is 78.9 Å². The fraction of sp³-hybridized carbons (Fsp3) is 0. The molecule has 0 spiro atoms. The van der Waals surface area contributed by atoms with E-state index in [2.05, 4.69) is 84.9 Å². The molecule has 2 aromatic heterocycles. The third kappa shape index (κ3) is 5.71. The molecule has 2 heterocycles. The molecule has 0 aliphatic rings. The molecule has 5 nitrogen and oxygen atoms in total. The van der Waals surface area contributed by atoms with Crippen LogP contribution in [0.15, 0.2) is 164 Å². The molecule has 0 bridgehead atoms. The van der Waals surface area contributed by atoms with Crippen LogP contribution >= 0.6 is 0 Å². The van der Waals surface area contributed by atoms with Crippen LogP contribution in [0.5, 0.6) is 0 Å². The van der Waals surface area contributed by atoms with Crippen LogP contribution in [0, 0.1) is 11.3 Å².